The van der Waals surface area contributed by atoms with Crippen LogP contribution in [-0.4, -0.2) is 28.2 Å². The minimum atomic E-state index is -0.863. The smallest absolute Gasteiger partial charge is 0.410 e. The van der Waals surface area contributed by atoms with Gasteiger partial charge in [-0.3, -0.25) is 0 Å². The molecule has 2 aromatic rings. The molecule has 2 aliphatic rings. The lowest BCUT2D eigenvalue weighted by atomic mass is 9.72. The zero-order valence-electron chi connectivity index (χ0n) is 15.8. The molecule has 0 aromatic heterocycles. The Labute approximate surface area is 160 Å². The second kappa shape index (κ2) is 7.35. The van der Waals surface area contributed by atoms with Crippen molar-refractivity contribution in [2.24, 2.45) is 0 Å². The van der Waals surface area contributed by atoms with Gasteiger partial charge in [-0.1, -0.05) is 60.2 Å². The van der Waals surface area contributed by atoms with Gasteiger partial charge < -0.3 is 14.7 Å². The standard InChI is InChI=1S/C23H27NO3/c1-17-7-5-10-19(13-17)23(26)14-20-11-6-12-21(15-23)24(20)22(25)27-16-18-8-3-2-4-9-18/h2-5,7-10,13,20-21,26H,6,11-12,14-16H2,1H3. The third-order valence-corrected chi connectivity index (χ3v) is 5.98. The van der Waals surface area contributed by atoms with Gasteiger partial charge in [0, 0.05) is 24.9 Å². The van der Waals surface area contributed by atoms with Gasteiger partial charge in [0.15, 0.2) is 0 Å². The van der Waals surface area contributed by atoms with Crippen molar-refractivity contribution in [2.75, 3.05) is 0 Å². The molecule has 4 rings (SSSR count). The average Bonchev–Trinajstić information content (AvgIpc) is 2.66. The van der Waals surface area contributed by atoms with Crippen LogP contribution in [0.2, 0.25) is 0 Å². The summed E-state index contributed by atoms with van der Waals surface area (Å²) < 4.78 is 5.60. The van der Waals surface area contributed by atoms with Gasteiger partial charge >= 0.3 is 6.09 Å². The Kier molecular flexibility index (Phi) is 4.92. The molecule has 0 radical (unpaired) electrons. The van der Waals surface area contributed by atoms with E-state index in [9.17, 15) is 9.90 Å². The average molecular weight is 365 g/mol. The fourth-order valence-electron chi connectivity index (χ4n) is 4.69. The Morgan fingerprint density at radius 1 is 1.11 bits per heavy atom. The molecule has 2 fully saturated rings. The van der Waals surface area contributed by atoms with Crippen LogP contribution >= 0.6 is 0 Å². The van der Waals surface area contributed by atoms with E-state index in [-0.39, 0.29) is 24.8 Å². The molecule has 142 valence electrons. The topological polar surface area (TPSA) is 49.8 Å². The van der Waals surface area contributed by atoms with Gasteiger partial charge in [-0.15, -0.1) is 0 Å². The minimum Gasteiger partial charge on any atom is -0.445 e. The second-order valence-electron chi connectivity index (χ2n) is 8.00. The number of amides is 1. The summed E-state index contributed by atoms with van der Waals surface area (Å²) in [5.74, 6) is 0. The number of piperidine rings is 2. The molecule has 1 N–H and O–H groups in total. The maximum absolute atomic E-state index is 12.8. The Morgan fingerprint density at radius 3 is 2.48 bits per heavy atom. The van der Waals surface area contributed by atoms with Gasteiger partial charge in [0.05, 0.1) is 5.60 Å². The number of ether oxygens (including phenoxy) is 1. The van der Waals surface area contributed by atoms with Crippen molar-refractivity contribution in [1.29, 1.82) is 0 Å². The lowest BCUT2D eigenvalue weighted by Crippen LogP contribution is -2.58. The molecule has 0 aliphatic carbocycles. The zero-order valence-corrected chi connectivity index (χ0v) is 15.8. The number of aryl methyl sites for hydroxylation is 1. The third-order valence-electron chi connectivity index (χ3n) is 5.98. The van der Waals surface area contributed by atoms with Crippen molar-refractivity contribution in [3.8, 4) is 0 Å². The van der Waals surface area contributed by atoms with Crippen LogP contribution in [0.5, 0.6) is 0 Å². The van der Waals surface area contributed by atoms with Gasteiger partial charge in [0.2, 0.25) is 0 Å². The molecule has 2 saturated heterocycles. The number of benzene rings is 2. The molecular formula is C23H27NO3. The molecule has 0 spiro atoms. The van der Waals surface area contributed by atoms with Gasteiger partial charge in [-0.2, -0.15) is 0 Å². The first kappa shape index (κ1) is 18.1. The number of nitrogens with zero attached hydrogens (tertiary/aromatic N) is 1. The normalized spacial score (nSPS) is 27.3. The number of hydrogen-bond donors (Lipinski definition) is 1. The first-order chi connectivity index (χ1) is 13.0. The molecule has 2 heterocycles. The van der Waals surface area contributed by atoms with E-state index in [1.54, 1.807) is 0 Å². The summed E-state index contributed by atoms with van der Waals surface area (Å²) in [6.07, 6.45) is 3.85. The number of rotatable bonds is 3. The summed E-state index contributed by atoms with van der Waals surface area (Å²) in [5, 5.41) is 11.4. The summed E-state index contributed by atoms with van der Waals surface area (Å²) >= 11 is 0. The van der Waals surface area contributed by atoms with Crippen LogP contribution in [0.4, 0.5) is 4.79 Å². The SMILES string of the molecule is Cc1cccc(C2(O)CC3CCCC(C2)N3C(=O)OCc2ccccc2)c1. The Balaban J connectivity index is 1.49. The highest BCUT2D eigenvalue weighted by molar-refractivity contribution is 5.69. The van der Waals surface area contributed by atoms with E-state index in [0.717, 1.165) is 36.0 Å². The quantitative estimate of drug-likeness (QED) is 0.869. The number of hydrogen-bond acceptors (Lipinski definition) is 3. The van der Waals surface area contributed by atoms with Crippen LogP contribution in [0.3, 0.4) is 0 Å². The van der Waals surface area contributed by atoms with Crippen LogP contribution < -0.4 is 0 Å². The van der Waals surface area contributed by atoms with Gasteiger partial charge in [0.1, 0.15) is 6.61 Å². The van der Waals surface area contributed by atoms with Crippen molar-refractivity contribution in [3.63, 3.8) is 0 Å². The molecule has 4 nitrogen and oxygen atoms in total. The highest BCUT2D eigenvalue weighted by Crippen LogP contribution is 2.44. The number of carbonyl (C=O) groups excluding carboxylic acids is 1. The van der Waals surface area contributed by atoms with E-state index in [1.165, 1.54) is 0 Å². The molecule has 2 atom stereocenters. The molecular weight excluding hydrogens is 338 g/mol. The summed E-state index contributed by atoms with van der Waals surface area (Å²) in [4.78, 5) is 14.7. The third kappa shape index (κ3) is 3.72. The van der Waals surface area contributed by atoms with E-state index in [1.807, 2.05) is 60.4 Å². The van der Waals surface area contributed by atoms with Crippen LogP contribution in [0.25, 0.3) is 0 Å². The Hall–Kier alpha value is -2.33. The first-order valence-electron chi connectivity index (χ1n) is 9.84. The van der Waals surface area contributed by atoms with Crippen molar-refractivity contribution in [2.45, 2.75) is 63.3 Å². The van der Waals surface area contributed by atoms with Crippen molar-refractivity contribution in [1.82, 2.24) is 4.90 Å². The second-order valence-corrected chi connectivity index (χ2v) is 8.00. The summed E-state index contributed by atoms with van der Waals surface area (Å²) in [6.45, 7) is 2.33. The predicted octanol–water partition coefficient (Wildman–Crippen LogP) is 4.54. The van der Waals surface area contributed by atoms with Crippen LogP contribution in [0, 0.1) is 6.92 Å². The summed E-state index contributed by atoms with van der Waals surface area (Å²) in [5.41, 5.74) is 2.25. The van der Waals surface area contributed by atoms with Gasteiger partial charge in [-0.25, -0.2) is 4.79 Å². The molecule has 27 heavy (non-hydrogen) atoms. The maximum atomic E-state index is 12.8. The number of fused-ring (bicyclic) bond motifs is 2. The van der Waals surface area contributed by atoms with Crippen LogP contribution in [-0.2, 0) is 16.9 Å². The molecule has 2 aliphatic heterocycles. The van der Waals surface area contributed by atoms with Gasteiger partial charge in [-0.05, 0) is 37.3 Å². The van der Waals surface area contributed by atoms with Crippen LogP contribution in [0.15, 0.2) is 54.6 Å². The lowest BCUT2D eigenvalue weighted by Gasteiger charge is -2.51. The van der Waals surface area contributed by atoms with Crippen LogP contribution in [0.1, 0.15) is 48.8 Å². The van der Waals surface area contributed by atoms with E-state index in [0.29, 0.717) is 12.8 Å². The first-order valence-corrected chi connectivity index (χ1v) is 9.84. The molecule has 2 aromatic carbocycles. The fraction of sp³-hybridized carbons (Fsp3) is 0.435. The largest absolute Gasteiger partial charge is 0.445 e. The monoisotopic (exact) mass is 365 g/mol. The van der Waals surface area contributed by atoms with Crippen molar-refractivity contribution < 1.29 is 14.6 Å². The van der Waals surface area contributed by atoms with E-state index in [4.69, 9.17) is 4.74 Å². The molecule has 1 amide bonds. The fourth-order valence-corrected chi connectivity index (χ4v) is 4.69. The Bertz CT molecular complexity index is 790. The lowest BCUT2D eigenvalue weighted by molar-refractivity contribution is -0.0896. The molecule has 2 unspecified atom stereocenters. The highest BCUT2D eigenvalue weighted by atomic mass is 16.6. The van der Waals surface area contributed by atoms with Crippen molar-refractivity contribution in [3.05, 3.63) is 71.3 Å². The highest BCUT2D eigenvalue weighted by Gasteiger charge is 2.48. The molecule has 4 heteroatoms. The summed E-state index contributed by atoms with van der Waals surface area (Å²) in [6, 6.07) is 17.9. The summed E-state index contributed by atoms with van der Waals surface area (Å²) in [7, 11) is 0. The number of aliphatic hydroxyl groups is 1. The van der Waals surface area contributed by atoms with E-state index >= 15 is 0 Å². The van der Waals surface area contributed by atoms with E-state index < -0.39 is 5.60 Å². The van der Waals surface area contributed by atoms with Gasteiger partial charge in [0.25, 0.3) is 0 Å². The molecule has 2 bridgehead atoms. The molecule has 0 saturated carbocycles. The van der Waals surface area contributed by atoms with Crippen molar-refractivity contribution >= 4 is 6.09 Å². The zero-order chi connectivity index (χ0) is 18.9. The Morgan fingerprint density at radius 2 is 1.81 bits per heavy atom. The van der Waals surface area contributed by atoms with E-state index in [2.05, 4.69) is 6.07 Å². The predicted molar refractivity (Wildman–Crippen MR) is 104 cm³/mol. The minimum absolute atomic E-state index is 0.0336. The maximum Gasteiger partial charge on any atom is 0.410 e. The number of carbonyl (C=O) groups is 1.